The highest BCUT2D eigenvalue weighted by Gasteiger charge is 2.44. The second-order valence-electron chi connectivity index (χ2n) is 10.7. The van der Waals surface area contributed by atoms with Gasteiger partial charge in [0.25, 0.3) is 0 Å². The molecule has 2 aliphatic rings. The average Bonchev–Trinajstić information content (AvgIpc) is 3.38. The Morgan fingerprint density at radius 2 is 1.94 bits per heavy atom. The van der Waals surface area contributed by atoms with Crippen LogP contribution >= 0.6 is 11.3 Å². The standard InChI is InChI=1S/C26H40N2O5S/c1-14-8-7-9-20-21(33-20)11-19(15(2)10-18-13-34-17(4)27-18)28-23(30)12-22(29)26(5,6)25(32)16(3)24(14)31/h10,13-14,16,19-22,24,29,31H,7-9,11-12H2,1-6H3,(H,28,30)/t14-,16+,19-,20?,21-,22-,24-/m0/s1. The lowest BCUT2D eigenvalue weighted by Gasteiger charge is -2.34. The van der Waals surface area contributed by atoms with Crippen LogP contribution in [-0.4, -0.2) is 57.3 Å². The molecule has 1 amide bonds. The summed E-state index contributed by atoms with van der Waals surface area (Å²) in [7, 11) is 0. The molecule has 3 rings (SSSR count). The van der Waals surface area contributed by atoms with E-state index in [-0.39, 0.29) is 42.3 Å². The summed E-state index contributed by atoms with van der Waals surface area (Å²) in [4.78, 5) is 30.6. The number of Topliss-reactive ketones (excluding diaryl/α,β-unsaturated/α-hetero) is 1. The Labute approximate surface area is 207 Å². The third-order valence-electron chi connectivity index (χ3n) is 7.56. The van der Waals surface area contributed by atoms with Crippen LogP contribution in [0, 0.1) is 24.2 Å². The van der Waals surface area contributed by atoms with Gasteiger partial charge in [-0.1, -0.05) is 34.1 Å². The second-order valence-corrected chi connectivity index (χ2v) is 11.8. The van der Waals surface area contributed by atoms with Crippen LogP contribution in [0.1, 0.15) is 77.4 Å². The normalized spacial score (nSPS) is 36.0. The van der Waals surface area contributed by atoms with Crippen LogP contribution < -0.4 is 5.32 Å². The van der Waals surface area contributed by atoms with Crippen molar-refractivity contribution in [1.29, 1.82) is 0 Å². The highest BCUT2D eigenvalue weighted by atomic mass is 32.1. The monoisotopic (exact) mass is 492 g/mol. The predicted octanol–water partition coefficient (Wildman–Crippen LogP) is 3.66. The first kappa shape index (κ1) is 27.0. The van der Waals surface area contributed by atoms with Crippen molar-refractivity contribution in [3.63, 3.8) is 0 Å². The van der Waals surface area contributed by atoms with Gasteiger partial charge >= 0.3 is 0 Å². The van der Waals surface area contributed by atoms with Gasteiger partial charge in [-0.15, -0.1) is 11.3 Å². The second kappa shape index (κ2) is 11.0. The fourth-order valence-corrected chi connectivity index (χ4v) is 5.48. The Kier molecular flexibility index (Phi) is 8.71. The molecule has 1 unspecified atom stereocenters. The van der Waals surface area contributed by atoms with E-state index in [9.17, 15) is 19.8 Å². The van der Waals surface area contributed by atoms with Gasteiger partial charge in [0.2, 0.25) is 5.91 Å². The van der Waals surface area contributed by atoms with Gasteiger partial charge in [0, 0.05) is 17.7 Å². The van der Waals surface area contributed by atoms with Crippen LogP contribution in [0.4, 0.5) is 0 Å². The van der Waals surface area contributed by atoms with Crippen molar-refractivity contribution >= 4 is 29.1 Å². The van der Waals surface area contributed by atoms with E-state index in [4.69, 9.17) is 4.74 Å². The number of hydrogen-bond donors (Lipinski definition) is 3. The summed E-state index contributed by atoms with van der Waals surface area (Å²) in [6.45, 7) is 10.9. The molecule has 7 atom stereocenters. The number of carbonyl (C=O) groups excluding carboxylic acids is 2. The van der Waals surface area contributed by atoms with E-state index in [0.717, 1.165) is 35.5 Å². The Bertz CT molecular complexity index is 911. The molecule has 1 aromatic rings. The first-order valence-electron chi connectivity index (χ1n) is 12.4. The molecule has 0 aromatic carbocycles. The fraction of sp³-hybridized carbons (Fsp3) is 0.731. The zero-order chi connectivity index (χ0) is 25.2. The highest BCUT2D eigenvalue weighted by molar-refractivity contribution is 7.09. The molecule has 34 heavy (non-hydrogen) atoms. The maximum Gasteiger partial charge on any atom is 0.223 e. The highest BCUT2D eigenvalue weighted by Crippen LogP contribution is 2.35. The van der Waals surface area contributed by atoms with Crippen molar-refractivity contribution in [3.05, 3.63) is 21.7 Å². The van der Waals surface area contributed by atoms with Gasteiger partial charge in [-0.2, -0.15) is 0 Å². The van der Waals surface area contributed by atoms with Crippen molar-refractivity contribution in [1.82, 2.24) is 10.3 Å². The third-order valence-corrected chi connectivity index (χ3v) is 8.35. The van der Waals surface area contributed by atoms with Crippen LogP contribution in [0.25, 0.3) is 6.08 Å². The summed E-state index contributed by atoms with van der Waals surface area (Å²) in [5.74, 6) is -1.21. The van der Waals surface area contributed by atoms with E-state index in [1.807, 2.05) is 32.2 Å². The van der Waals surface area contributed by atoms with Gasteiger partial charge in [0.05, 0.1) is 53.0 Å². The molecule has 2 saturated heterocycles. The lowest BCUT2D eigenvalue weighted by molar-refractivity contribution is -0.143. The number of rotatable bonds is 2. The molecule has 190 valence electrons. The number of aliphatic hydroxyl groups excluding tert-OH is 2. The number of aliphatic hydroxyl groups is 2. The summed E-state index contributed by atoms with van der Waals surface area (Å²) >= 11 is 1.58. The van der Waals surface area contributed by atoms with Crippen LogP contribution in [0.15, 0.2) is 11.0 Å². The molecule has 0 bridgehead atoms. The molecule has 2 aliphatic heterocycles. The summed E-state index contributed by atoms with van der Waals surface area (Å²) in [6.07, 6.45) is 3.31. The molecule has 0 aliphatic carbocycles. The van der Waals surface area contributed by atoms with Crippen LogP contribution in [-0.2, 0) is 14.3 Å². The average molecular weight is 493 g/mol. The molecular formula is C26H40N2O5S. The van der Waals surface area contributed by atoms with Gasteiger partial charge in [-0.3, -0.25) is 9.59 Å². The quantitative estimate of drug-likeness (QED) is 0.543. The molecular weight excluding hydrogens is 452 g/mol. The topological polar surface area (TPSA) is 112 Å². The smallest absolute Gasteiger partial charge is 0.223 e. The number of hydrogen-bond acceptors (Lipinski definition) is 7. The number of ether oxygens (including phenoxy) is 1. The molecule has 0 radical (unpaired) electrons. The number of aryl methyl sites for hydroxylation is 1. The zero-order valence-corrected chi connectivity index (χ0v) is 22.0. The summed E-state index contributed by atoms with van der Waals surface area (Å²) in [6, 6.07) is -0.247. The van der Waals surface area contributed by atoms with Gasteiger partial charge in [-0.25, -0.2) is 4.98 Å². The number of epoxide rings is 1. The van der Waals surface area contributed by atoms with E-state index in [1.54, 1.807) is 32.1 Å². The Hall–Kier alpha value is -1.61. The summed E-state index contributed by atoms with van der Waals surface area (Å²) in [5, 5.41) is 27.7. The van der Waals surface area contributed by atoms with Gasteiger partial charge in [-0.05, 0) is 44.3 Å². The number of ketones is 1. The molecule has 8 heteroatoms. The minimum Gasteiger partial charge on any atom is -0.392 e. The number of carbonyl (C=O) groups is 2. The maximum absolute atomic E-state index is 13.2. The number of nitrogens with one attached hydrogen (secondary N) is 1. The number of nitrogens with zero attached hydrogens (tertiary/aromatic N) is 1. The minimum atomic E-state index is -1.16. The van der Waals surface area contributed by atoms with Gasteiger partial charge in [0.1, 0.15) is 5.78 Å². The Morgan fingerprint density at radius 1 is 1.24 bits per heavy atom. The van der Waals surface area contributed by atoms with E-state index >= 15 is 0 Å². The van der Waals surface area contributed by atoms with E-state index in [0.29, 0.717) is 6.42 Å². The summed E-state index contributed by atoms with van der Waals surface area (Å²) < 4.78 is 5.91. The molecule has 0 spiro atoms. The first-order chi connectivity index (χ1) is 15.9. The lowest BCUT2D eigenvalue weighted by Crippen LogP contribution is -2.47. The molecule has 0 saturated carbocycles. The fourth-order valence-electron chi connectivity index (χ4n) is 4.91. The van der Waals surface area contributed by atoms with Crippen LogP contribution in [0.5, 0.6) is 0 Å². The number of thiazole rings is 1. The molecule has 7 nitrogen and oxygen atoms in total. The van der Waals surface area contributed by atoms with Gasteiger partial charge in [0.15, 0.2) is 0 Å². The van der Waals surface area contributed by atoms with Gasteiger partial charge < -0.3 is 20.3 Å². The molecule has 1 aromatic heterocycles. The van der Waals surface area contributed by atoms with Crippen LogP contribution in [0.2, 0.25) is 0 Å². The van der Waals surface area contributed by atoms with Crippen molar-refractivity contribution in [2.75, 3.05) is 0 Å². The molecule has 2 fully saturated rings. The molecule has 3 N–H and O–H groups in total. The number of amides is 1. The van der Waals surface area contributed by atoms with E-state index < -0.39 is 23.5 Å². The van der Waals surface area contributed by atoms with Crippen molar-refractivity contribution in [3.8, 4) is 0 Å². The zero-order valence-electron chi connectivity index (χ0n) is 21.2. The lowest BCUT2D eigenvalue weighted by atomic mass is 9.73. The van der Waals surface area contributed by atoms with E-state index in [1.165, 1.54) is 0 Å². The third kappa shape index (κ3) is 6.53. The Balaban J connectivity index is 1.81. The maximum atomic E-state index is 13.2. The first-order valence-corrected chi connectivity index (χ1v) is 13.2. The Morgan fingerprint density at radius 3 is 2.59 bits per heavy atom. The van der Waals surface area contributed by atoms with Crippen LogP contribution in [0.3, 0.4) is 0 Å². The number of aromatic nitrogens is 1. The van der Waals surface area contributed by atoms with Crippen molar-refractivity contribution in [2.24, 2.45) is 17.3 Å². The molecule has 3 heterocycles. The van der Waals surface area contributed by atoms with Crippen molar-refractivity contribution < 1.29 is 24.5 Å². The SMILES string of the molecule is CC(=Cc1csc(C)n1)[C@@H]1C[C@@H]2OC2CCC[C@H](C)[C@H](O)[C@@H](C)C(=O)C(C)(C)[C@@H](O)CC(=O)N1. The van der Waals surface area contributed by atoms with E-state index in [2.05, 4.69) is 10.3 Å². The largest absolute Gasteiger partial charge is 0.392 e. The minimum absolute atomic E-state index is 0.0419. The number of fused-ring (bicyclic) bond motifs is 1. The van der Waals surface area contributed by atoms with Crippen molar-refractivity contribution in [2.45, 2.75) is 104 Å². The summed E-state index contributed by atoms with van der Waals surface area (Å²) in [5.41, 5.74) is 0.685. The predicted molar refractivity (Wildman–Crippen MR) is 133 cm³/mol.